The van der Waals surface area contributed by atoms with E-state index in [1.807, 2.05) is 35.9 Å². The van der Waals surface area contributed by atoms with Gasteiger partial charge < -0.3 is 24.8 Å². The Kier molecular flexibility index (Phi) is 13.0. The minimum atomic E-state index is -4.23. The molecule has 2 aromatic heterocycles. The van der Waals surface area contributed by atoms with Gasteiger partial charge in [-0.1, -0.05) is 47.5 Å². The lowest BCUT2D eigenvalue weighted by Crippen LogP contribution is -2.46. The maximum Gasteiger partial charge on any atom is 0.333 e. The Morgan fingerprint density at radius 2 is 1.82 bits per heavy atom. The molecule has 0 bridgehead atoms. The summed E-state index contributed by atoms with van der Waals surface area (Å²) in [6.07, 6.45) is 6.45. The Hall–Kier alpha value is -5.42. The summed E-state index contributed by atoms with van der Waals surface area (Å²) in [6, 6.07) is 16.0. The zero-order valence-corrected chi connectivity index (χ0v) is 32.8. The highest BCUT2D eigenvalue weighted by Crippen LogP contribution is 2.37. The fraction of sp³-hybridized carbons (Fsp3) is 0.289. The summed E-state index contributed by atoms with van der Waals surface area (Å²) in [5.74, 6) is -0.859. The largest absolute Gasteiger partial charge is 0.487 e. The summed E-state index contributed by atoms with van der Waals surface area (Å²) in [5, 5.41) is 13.6. The number of rotatable bonds is 15. The number of nitrogens with one attached hydrogen (secondary N) is 2. The SMILES string of the molecule is CC(=O)ON=NCc1ccc(C(=O)NCCCNC(=O)[C@@H]2CCCN2S(=O)(=O)c2ccc(Cl)c(COc3cccc4c(-n5ccnc5)cc(C)nc34)c2Cl)cc1. The van der Waals surface area contributed by atoms with Gasteiger partial charge in [0.25, 0.3) is 5.91 Å². The molecule has 0 unspecified atom stereocenters. The lowest BCUT2D eigenvalue weighted by atomic mass is 10.1. The standard InChI is InChI=1S/C38H38Cl2N8O7S/c1-24-20-32(47-19-17-41-23-47)28-6-3-8-33(36(28)45-24)54-22-29-30(39)13-14-34(35(29)40)56(52,53)48-18-4-7-31(48)38(51)43-16-5-15-42-37(50)27-11-9-26(10-12-27)21-44-46-55-25(2)49/h3,6,8-14,17,19-20,23,31H,4-5,7,15-16,18,21-22H2,1-2H3,(H,42,50)(H,43,51)/t31-/m0/s1. The predicted molar refractivity (Wildman–Crippen MR) is 208 cm³/mol. The third-order valence-electron chi connectivity index (χ3n) is 8.94. The molecule has 18 heteroatoms. The molecule has 292 valence electrons. The lowest BCUT2D eigenvalue weighted by molar-refractivity contribution is -0.142. The number of aryl methyl sites for hydroxylation is 1. The van der Waals surface area contributed by atoms with Gasteiger partial charge in [0.1, 0.15) is 28.8 Å². The first kappa shape index (κ1) is 40.2. The number of hydrogen-bond acceptors (Lipinski definition) is 11. The molecule has 1 atom stereocenters. The molecule has 0 aliphatic carbocycles. The quantitative estimate of drug-likeness (QED) is 0.0712. The molecule has 1 aliphatic rings. The van der Waals surface area contributed by atoms with Crippen molar-refractivity contribution in [1.29, 1.82) is 0 Å². The van der Waals surface area contributed by atoms with Gasteiger partial charge in [-0.2, -0.15) is 4.31 Å². The second kappa shape index (κ2) is 18.0. The summed E-state index contributed by atoms with van der Waals surface area (Å²) in [5.41, 5.74) is 3.70. The number of para-hydroxylation sites is 1. The normalized spacial score (nSPS) is 14.6. The number of aromatic nitrogens is 3. The van der Waals surface area contributed by atoms with Gasteiger partial charge in [-0.15, -0.1) is 5.11 Å². The molecule has 2 N–H and O–H groups in total. The van der Waals surface area contributed by atoms with Crippen LogP contribution in [0.15, 0.2) is 94.7 Å². The van der Waals surface area contributed by atoms with Gasteiger partial charge in [0.05, 0.1) is 23.6 Å². The van der Waals surface area contributed by atoms with E-state index in [0.29, 0.717) is 36.1 Å². The molecule has 15 nitrogen and oxygen atoms in total. The molecule has 5 aromatic rings. The number of halogens is 2. The third kappa shape index (κ3) is 9.33. The van der Waals surface area contributed by atoms with Crippen molar-refractivity contribution in [3.05, 3.63) is 112 Å². The number of imidazole rings is 1. The van der Waals surface area contributed by atoms with Crippen LogP contribution in [0.1, 0.15) is 53.4 Å². The summed E-state index contributed by atoms with van der Waals surface area (Å²) in [6.45, 7) is 3.75. The number of amides is 2. The maximum atomic E-state index is 14.1. The van der Waals surface area contributed by atoms with Crippen LogP contribution in [0.2, 0.25) is 10.0 Å². The van der Waals surface area contributed by atoms with Crippen LogP contribution in [0.25, 0.3) is 16.6 Å². The summed E-state index contributed by atoms with van der Waals surface area (Å²) in [4.78, 5) is 49.7. The molecule has 56 heavy (non-hydrogen) atoms. The molecule has 1 fully saturated rings. The molecule has 0 saturated carbocycles. The van der Waals surface area contributed by atoms with E-state index in [-0.39, 0.29) is 59.2 Å². The molecular weight excluding hydrogens is 783 g/mol. The minimum Gasteiger partial charge on any atom is -0.487 e. The molecule has 0 radical (unpaired) electrons. The van der Waals surface area contributed by atoms with Crippen LogP contribution in [-0.4, -0.2) is 70.7 Å². The van der Waals surface area contributed by atoms with Gasteiger partial charge in [-0.3, -0.25) is 9.59 Å². The average molecular weight is 822 g/mol. The number of pyridine rings is 1. The van der Waals surface area contributed by atoms with E-state index in [2.05, 4.69) is 30.8 Å². The first-order chi connectivity index (χ1) is 26.9. The van der Waals surface area contributed by atoms with Gasteiger partial charge in [-0.25, -0.2) is 23.2 Å². The van der Waals surface area contributed by atoms with E-state index in [4.69, 9.17) is 32.9 Å². The lowest BCUT2D eigenvalue weighted by Gasteiger charge is -2.24. The van der Waals surface area contributed by atoms with Crippen molar-refractivity contribution in [3.63, 3.8) is 0 Å². The van der Waals surface area contributed by atoms with E-state index >= 15 is 0 Å². The Morgan fingerprint density at radius 1 is 1.04 bits per heavy atom. The third-order valence-corrected chi connectivity index (χ3v) is 11.8. The smallest absolute Gasteiger partial charge is 0.333 e. The zero-order chi connectivity index (χ0) is 39.8. The van der Waals surface area contributed by atoms with E-state index in [1.165, 1.54) is 23.4 Å². The van der Waals surface area contributed by atoms with Crippen molar-refractivity contribution >= 4 is 61.9 Å². The van der Waals surface area contributed by atoms with Crippen molar-refractivity contribution in [2.75, 3.05) is 19.6 Å². The monoisotopic (exact) mass is 820 g/mol. The van der Waals surface area contributed by atoms with Crippen LogP contribution in [0.4, 0.5) is 0 Å². The summed E-state index contributed by atoms with van der Waals surface area (Å²) < 4.78 is 37.4. The number of fused-ring (bicyclic) bond motifs is 1. The fourth-order valence-corrected chi connectivity index (χ4v) is 8.73. The van der Waals surface area contributed by atoms with Crippen LogP contribution in [-0.2, 0) is 37.6 Å². The van der Waals surface area contributed by atoms with E-state index in [1.54, 1.807) is 42.9 Å². The predicted octanol–water partition coefficient (Wildman–Crippen LogP) is 6.13. The van der Waals surface area contributed by atoms with Crippen molar-refractivity contribution in [1.82, 2.24) is 29.5 Å². The highest BCUT2D eigenvalue weighted by atomic mass is 35.5. The van der Waals surface area contributed by atoms with Gasteiger partial charge in [0.2, 0.25) is 15.9 Å². The molecular formula is C38H38Cl2N8O7S. The van der Waals surface area contributed by atoms with Crippen LogP contribution < -0.4 is 15.4 Å². The Bertz CT molecular complexity index is 2380. The number of hydrogen-bond donors (Lipinski definition) is 2. The van der Waals surface area contributed by atoms with Crippen molar-refractivity contribution in [2.24, 2.45) is 10.4 Å². The molecule has 1 saturated heterocycles. The van der Waals surface area contributed by atoms with Crippen LogP contribution in [0.5, 0.6) is 5.75 Å². The van der Waals surface area contributed by atoms with Gasteiger partial charge in [0, 0.05) is 71.5 Å². The summed E-state index contributed by atoms with van der Waals surface area (Å²) in [7, 11) is -4.23. The zero-order valence-electron chi connectivity index (χ0n) is 30.4. The van der Waals surface area contributed by atoms with Crippen LogP contribution in [0, 0.1) is 6.92 Å². The minimum absolute atomic E-state index is 0.0952. The number of ether oxygens (including phenoxy) is 1. The second-order valence-corrected chi connectivity index (χ2v) is 15.5. The first-order valence-corrected chi connectivity index (χ1v) is 19.8. The van der Waals surface area contributed by atoms with Gasteiger partial charge in [0.15, 0.2) is 0 Å². The molecule has 2 amide bonds. The highest BCUT2D eigenvalue weighted by molar-refractivity contribution is 7.89. The van der Waals surface area contributed by atoms with E-state index in [0.717, 1.165) is 22.3 Å². The average Bonchev–Trinajstić information content (AvgIpc) is 3.90. The van der Waals surface area contributed by atoms with Crippen molar-refractivity contribution in [2.45, 2.75) is 57.2 Å². The number of carbonyl (C=O) groups is 3. The first-order valence-electron chi connectivity index (χ1n) is 17.6. The maximum absolute atomic E-state index is 14.1. The topological polar surface area (TPSA) is 187 Å². The Labute approximate surface area is 333 Å². The Morgan fingerprint density at radius 3 is 2.57 bits per heavy atom. The fourth-order valence-electron chi connectivity index (χ4n) is 6.21. The Balaban J connectivity index is 1.05. The number of sulfonamides is 1. The number of nitrogens with zero attached hydrogens (tertiary/aromatic N) is 6. The van der Waals surface area contributed by atoms with Crippen molar-refractivity contribution < 1.29 is 32.4 Å². The number of benzene rings is 3. The van der Waals surface area contributed by atoms with Crippen LogP contribution >= 0.6 is 23.2 Å². The molecule has 6 rings (SSSR count). The van der Waals surface area contributed by atoms with E-state index < -0.39 is 27.9 Å². The van der Waals surface area contributed by atoms with Gasteiger partial charge in [-0.05, 0) is 68.1 Å². The molecule has 3 heterocycles. The molecule has 3 aromatic carbocycles. The van der Waals surface area contributed by atoms with Crippen LogP contribution in [0.3, 0.4) is 0 Å². The number of carbonyl (C=O) groups excluding carboxylic acids is 3. The highest BCUT2D eigenvalue weighted by Gasteiger charge is 2.40. The molecule has 0 spiro atoms. The van der Waals surface area contributed by atoms with Crippen molar-refractivity contribution in [3.8, 4) is 11.4 Å². The second-order valence-electron chi connectivity index (χ2n) is 12.9. The van der Waals surface area contributed by atoms with E-state index in [9.17, 15) is 22.8 Å². The molecule has 1 aliphatic heterocycles. The summed E-state index contributed by atoms with van der Waals surface area (Å²) >= 11 is 13.3. The van der Waals surface area contributed by atoms with Gasteiger partial charge >= 0.3 is 5.97 Å².